The molecule has 0 heterocycles. The summed E-state index contributed by atoms with van der Waals surface area (Å²) in [6, 6.07) is 19.0. The van der Waals surface area contributed by atoms with E-state index in [1.165, 1.54) is 16.7 Å². The Balaban J connectivity index is 0.000000711. The normalized spacial score (nSPS) is 8.31. The van der Waals surface area contributed by atoms with E-state index in [1.807, 2.05) is 6.07 Å². The Kier molecular flexibility index (Phi) is 6.62. The Hall–Kier alpha value is -1.82. The molecule has 0 bridgehead atoms. The van der Waals surface area contributed by atoms with Crippen LogP contribution in [-0.4, -0.2) is 0 Å². The minimum absolute atomic E-state index is 0. The van der Waals surface area contributed by atoms with Gasteiger partial charge in [0.05, 0.1) is 0 Å². The standard InChI is InChI=1S/C13H12.C2H4.CH4/c1-11-7-9-13(10-8-11)12-5-3-2-4-6-12;1-2;/h2-10H,1H3;1-2H2;1H4. The summed E-state index contributed by atoms with van der Waals surface area (Å²) < 4.78 is 0. The first-order valence-electron chi connectivity index (χ1n) is 4.98. The van der Waals surface area contributed by atoms with E-state index in [4.69, 9.17) is 0 Å². The van der Waals surface area contributed by atoms with Crippen molar-refractivity contribution in [2.75, 3.05) is 0 Å². The van der Waals surface area contributed by atoms with Gasteiger partial charge in [-0.05, 0) is 18.1 Å². The zero-order valence-electron chi connectivity index (χ0n) is 9.11. The Morgan fingerprint density at radius 3 is 1.62 bits per heavy atom. The number of hydrogen-bond acceptors (Lipinski definition) is 0. The van der Waals surface area contributed by atoms with Gasteiger partial charge >= 0.3 is 0 Å². The molecule has 0 saturated carbocycles. The second kappa shape index (κ2) is 7.47. The highest BCUT2D eigenvalue weighted by atomic mass is 14.0. The molecular formula is C16H20. The molecule has 0 aliphatic carbocycles. The fraction of sp³-hybridized carbons (Fsp3) is 0.125. The Labute approximate surface area is 99.3 Å². The topological polar surface area (TPSA) is 0 Å². The molecule has 0 nitrogen and oxygen atoms in total. The highest BCUT2D eigenvalue weighted by Crippen LogP contribution is 2.18. The molecule has 0 aromatic heterocycles. The van der Waals surface area contributed by atoms with Crippen LogP contribution in [0.4, 0.5) is 0 Å². The van der Waals surface area contributed by atoms with E-state index in [0.29, 0.717) is 0 Å². The Morgan fingerprint density at radius 2 is 1.12 bits per heavy atom. The van der Waals surface area contributed by atoms with Gasteiger partial charge in [0.2, 0.25) is 0 Å². The molecule has 2 aromatic carbocycles. The third-order valence-corrected chi connectivity index (χ3v) is 2.16. The van der Waals surface area contributed by atoms with Crippen LogP contribution >= 0.6 is 0 Å². The third-order valence-electron chi connectivity index (χ3n) is 2.16. The van der Waals surface area contributed by atoms with Gasteiger partial charge in [-0.2, -0.15) is 0 Å². The SMILES string of the molecule is C.C=C.Cc1ccc(-c2ccccc2)cc1. The van der Waals surface area contributed by atoms with Gasteiger partial charge in [-0.25, -0.2) is 0 Å². The molecule has 0 aliphatic heterocycles. The molecule has 0 spiro atoms. The first-order chi connectivity index (χ1) is 7.36. The first-order valence-corrected chi connectivity index (χ1v) is 4.98. The van der Waals surface area contributed by atoms with Crippen LogP contribution in [0.15, 0.2) is 67.8 Å². The molecule has 84 valence electrons. The van der Waals surface area contributed by atoms with E-state index < -0.39 is 0 Å². The van der Waals surface area contributed by atoms with Crippen molar-refractivity contribution in [1.82, 2.24) is 0 Å². The fourth-order valence-electron chi connectivity index (χ4n) is 1.38. The largest absolute Gasteiger partial charge is 0.106 e. The quantitative estimate of drug-likeness (QED) is 0.577. The Bertz CT molecular complexity index is 384. The lowest BCUT2D eigenvalue weighted by molar-refractivity contribution is 1.47. The van der Waals surface area contributed by atoms with Crippen molar-refractivity contribution in [1.29, 1.82) is 0 Å². The monoisotopic (exact) mass is 212 g/mol. The van der Waals surface area contributed by atoms with Crippen LogP contribution < -0.4 is 0 Å². The van der Waals surface area contributed by atoms with Crippen molar-refractivity contribution < 1.29 is 0 Å². The van der Waals surface area contributed by atoms with Crippen LogP contribution in [0.3, 0.4) is 0 Å². The molecule has 0 atom stereocenters. The summed E-state index contributed by atoms with van der Waals surface area (Å²) in [5.41, 5.74) is 3.87. The summed E-state index contributed by atoms with van der Waals surface area (Å²) in [5, 5.41) is 0. The van der Waals surface area contributed by atoms with Gasteiger partial charge in [0, 0.05) is 0 Å². The van der Waals surface area contributed by atoms with Crippen LogP contribution in [0, 0.1) is 6.92 Å². The molecule has 0 heteroatoms. The van der Waals surface area contributed by atoms with Gasteiger partial charge in [0.1, 0.15) is 0 Å². The number of hydrogen-bond donors (Lipinski definition) is 0. The highest BCUT2D eigenvalue weighted by Gasteiger charge is 1.93. The maximum atomic E-state index is 3.00. The summed E-state index contributed by atoms with van der Waals surface area (Å²) in [4.78, 5) is 0. The molecule has 0 N–H and O–H groups in total. The van der Waals surface area contributed by atoms with Crippen molar-refractivity contribution in [3.63, 3.8) is 0 Å². The van der Waals surface area contributed by atoms with Gasteiger partial charge < -0.3 is 0 Å². The van der Waals surface area contributed by atoms with Gasteiger partial charge in [0.15, 0.2) is 0 Å². The zero-order chi connectivity index (χ0) is 11.1. The average Bonchev–Trinajstić information content (AvgIpc) is 2.34. The molecule has 0 aliphatic rings. The molecule has 2 aromatic rings. The summed E-state index contributed by atoms with van der Waals surface area (Å²) >= 11 is 0. The summed E-state index contributed by atoms with van der Waals surface area (Å²) in [5.74, 6) is 0. The number of aryl methyl sites for hydroxylation is 1. The van der Waals surface area contributed by atoms with E-state index >= 15 is 0 Å². The zero-order valence-corrected chi connectivity index (χ0v) is 9.11. The molecule has 0 amide bonds. The molecule has 16 heavy (non-hydrogen) atoms. The maximum absolute atomic E-state index is 3.00. The summed E-state index contributed by atoms with van der Waals surface area (Å²) in [6.45, 7) is 8.11. The number of benzene rings is 2. The molecule has 0 saturated heterocycles. The van der Waals surface area contributed by atoms with E-state index in [0.717, 1.165) is 0 Å². The minimum atomic E-state index is 0. The second-order valence-corrected chi connectivity index (χ2v) is 3.23. The van der Waals surface area contributed by atoms with Crippen LogP contribution in [-0.2, 0) is 0 Å². The summed E-state index contributed by atoms with van der Waals surface area (Å²) in [6.07, 6.45) is 0. The van der Waals surface area contributed by atoms with E-state index in [1.54, 1.807) is 0 Å². The predicted octanol–water partition coefficient (Wildman–Crippen LogP) is 5.10. The Morgan fingerprint density at radius 1 is 0.688 bits per heavy atom. The van der Waals surface area contributed by atoms with E-state index in [-0.39, 0.29) is 7.43 Å². The van der Waals surface area contributed by atoms with Crippen molar-refractivity contribution in [3.05, 3.63) is 73.3 Å². The van der Waals surface area contributed by atoms with Crippen LogP contribution in [0.25, 0.3) is 11.1 Å². The first kappa shape index (κ1) is 14.2. The lowest BCUT2D eigenvalue weighted by Crippen LogP contribution is -1.76. The smallest absolute Gasteiger partial charge is 0.0184 e. The molecular weight excluding hydrogens is 192 g/mol. The van der Waals surface area contributed by atoms with E-state index in [9.17, 15) is 0 Å². The van der Waals surface area contributed by atoms with Crippen LogP contribution in [0.2, 0.25) is 0 Å². The van der Waals surface area contributed by atoms with Crippen molar-refractivity contribution in [3.8, 4) is 11.1 Å². The van der Waals surface area contributed by atoms with Gasteiger partial charge in [-0.1, -0.05) is 67.6 Å². The molecule has 0 radical (unpaired) electrons. The van der Waals surface area contributed by atoms with Gasteiger partial charge in [0.25, 0.3) is 0 Å². The predicted molar refractivity (Wildman–Crippen MR) is 74.6 cm³/mol. The lowest BCUT2D eigenvalue weighted by atomic mass is 10.0. The van der Waals surface area contributed by atoms with Crippen molar-refractivity contribution in [2.45, 2.75) is 14.4 Å². The average molecular weight is 212 g/mol. The molecule has 2 rings (SSSR count). The molecule has 0 fully saturated rings. The van der Waals surface area contributed by atoms with Crippen molar-refractivity contribution in [2.24, 2.45) is 0 Å². The van der Waals surface area contributed by atoms with E-state index in [2.05, 4.69) is 68.6 Å². The third kappa shape index (κ3) is 3.74. The van der Waals surface area contributed by atoms with Crippen molar-refractivity contribution >= 4 is 0 Å². The number of rotatable bonds is 1. The highest BCUT2D eigenvalue weighted by molar-refractivity contribution is 5.63. The lowest BCUT2D eigenvalue weighted by Gasteiger charge is -2.00. The summed E-state index contributed by atoms with van der Waals surface area (Å²) in [7, 11) is 0. The fourth-order valence-corrected chi connectivity index (χ4v) is 1.38. The minimum Gasteiger partial charge on any atom is -0.106 e. The molecule has 0 unspecified atom stereocenters. The second-order valence-electron chi connectivity index (χ2n) is 3.23. The van der Waals surface area contributed by atoms with Crippen LogP contribution in [0.1, 0.15) is 13.0 Å². The van der Waals surface area contributed by atoms with Gasteiger partial charge in [-0.15, -0.1) is 13.2 Å². The van der Waals surface area contributed by atoms with Gasteiger partial charge in [-0.3, -0.25) is 0 Å². The maximum Gasteiger partial charge on any atom is -0.0184 e. The van der Waals surface area contributed by atoms with Crippen LogP contribution in [0.5, 0.6) is 0 Å².